The molecule has 1 heterocycles. The summed E-state index contributed by atoms with van der Waals surface area (Å²) in [6, 6.07) is 6.48. The predicted octanol–water partition coefficient (Wildman–Crippen LogP) is 3.51. The van der Waals surface area contributed by atoms with Gasteiger partial charge >= 0.3 is 0 Å². The fourth-order valence-corrected chi connectivity index (χ4v) is 3.54. The van der Waals surface area contributed by atoms with Gasteiger partial charge in [0, 0.05) is 10.7 Å². The summed E-state index contributed by atoms with van der Waals surface area (Å²) in [5.41, 5.74) is 3.67. The number of hydrogen-bond donors (Lipinski definition) is 1. The second kappa shape index (κ2) is 7.71. The molecule has 0 aliphatic rings. The highest BCUT2D eigenvalue weighted by Gasteiger charge is 2.22. The monoisotopic (exact) mass is 463 g/mol. The molecule has 1 unspecified atom stereocenters. The number of aryl methyl sites for hydroxylation is 1. The molecule has 1 N–H and O–H groups in total. The molecule has 2 rings (SSSR count). The molecule has 1 atom stereocenters. The van der Waals surface area contributed by atoms with Crippen LogP contribution in [0.5, 0.6) is 0 Å². The standard InChI is InChI=1S/C15H19BrIN3O/c1-10-5-4-6-11(13(10)17)14(18-2)15-12(16)9-19-20(15)7-8-21-3/h4-6,9,14,18H,7-8H2,1-3H3. The maximum absolute atomic E-state index is 5.17. The van der Waals surface area contributed by atoms with E-state index >= 15 is 0 Å². The van der Waals surface area contributed by atoms with Crippen LogP contribution in [0, 0.1) is 10.5 Å². The minimum Gasteiger partial charge on any atom is -0.383 e. The van der Waals surface area contributed by atoms with Gasteiger partial charge in [-0.1, -0.05) is 18.2 Å². The maximum atomic E-state index is 5.17. The highest BCUT2D eigenvalue weighted by atomic mass is 127. The molecule has 6 heteroatoms. The number of methoxy groups -OCH3 is 1. The van der Waals surface area contributed by atoms with Gasteiger partial charge in [0.05, 0.1) is 35.6 Å². The Kier molecular flexibility index (Phi) is 6.21. The van der Waals surface area contributed by atoms with Crippen LogP contribution in [0.25, 0.3) is 0 Å². The van der Waals surface area contributed by atoms with Gasteiger partial charge in [-0.25, -0.2) is 0 Å². The van der Waals surface area contributed by atoms with Gasteiger partial charge in [0.15, 0.2) is 0 Å². The van der Waals surface area contributed by atoms with Crippen molar-refractivity contribution < 1.29 is 4.74 Å². The van der Waals surface area contributed by atoms with E-state index in [4.69, 9.17) is 4.74 Å². The molecular formula is C15H19BrIN3O. The predicted molar refractivity (Wildman–Crippen MR) is 96.6 cm³/mol. The van der Waals surface area contributed by atoms with E-state index in [1.54, 1.807) is 7.11 Å². The molecule has 0 spiro atoms. The van der Waals surface area contributed by atoms with Crippen molar-refractivity contribution >= 4 is 38.5 Å². The number of hydrogen-bond acceptors (Lipinski definition) is 3. The van der Waals surface area contributed by atoms with Gasteiger partial charge in [0.2, 0.25) is 0 Å². The van der Waals surface area contributed by atoms with E-state index in [2.05, 4.69) is 74.1 Å². The molecule has 0 aliphatic heterocycles. The van der Waals surface area contributed by atoms with E-state index in [1.807, 2.05) is 17.9 Å². The Morgan fingerprint density at radius 3 is 2.90 bits per heavy atom. The fraction of sp³-hybridized carbons (Fsp3) is 0.400. The Bertz CT molecular complexity index is 615. The lowest BCUT2D eigenvalue weighted by Crippen LogP contribution is -2.24. The van der Waals surface area contributed by atoms with Gasteiger partial charge in [-0.2, -0.15) is 5.10 Å². The first-order valence-electron chi connectivity index (χ1n) is 6.72. The van der Waals surface area contributed by atoms with Crippen LogP contribution in [0.2, 0.25) is 0 Å². The minimum atomic E-state index is 0.0885. The van der Waals surface area contributed by atoms with Crippen LogP contribution in [0.4, 0.5) is 0 Å². The first-order valence-corrected chi connectivity index (χ1v) is 8.59. The summed E-state index contributed by atoms with van der Waals surface area (Å²) in [5.74, 6) is 0. The normalized spacial score (nSPS) is 12.6. The summed E-state index contributed by atoms with van der Waals surface area (Å²) in [5, 5.41) is 7.86. The van der Waals surface area contributed by atoms with Crippen LogP contribution >= 0.6 is 38.5 Å². The lowest BCUT2D eigenvalue weighted by Gasteiger charge is -2.21. The van der Waals surface area contributed by atoms with Gasteiger partial charge in [-0.05, 0) is 63.6 Å². The molecular weight excluding hydrogens is 445 g/mol. The van der Waals surface area contributed by atoms with Crippen LogP contribution < -0.4 is 5.32 Å². The molecule has 2 aromatic rings. The van der Waals surface area contributed by atoms with Gasteiger partial charge in [0.25, 0.3) is 0 Å². The minimum absolute atomic E-state index is 0.0885. The fourth-order valence-electron chi connectivity index (χ4n) is 2.35. The van der Waals surface area contributed by atoms with E-state index < -0.39 is 0 Å². The van der Waals surface area contributed by atoms with E-state index in [0.29, 0.717) is 6.61 Å². The summed E-state index contributed by atoms with van der Waals surface area (Å²) in [6.07, 6.45) is 1.85. The van der Waals surface area contributed by atoms with Crippen LogP contribution in [0.15, 0.2) is 28.9 Å². The van der Waals surface area contributed by atoms with Crippen LogP contribution in [-0.2, 0) is 11.3 Å². The SMILES string of the molecule is CNC(c1cccc(C)c1I)c1c(Br)cnn1CCOC. The number of nitrogens with one attached hydrogen (secondary N) is 1. The van der Waals surface area contributed by atoms with Crippen molar-refractivity contribution in [3.63, 3.8) is 0 Å². The zero-order valence-corrected chi connectivity index (χ0v) is 16.1. The summed E-state index contributed by atoms with van der Waals surface area (Å²) in [4.78, 5) is 0. The molecule has 21 heavy (non-hydrogen) atoms. The summed E-state index contributed by atoms with van der Waals surface area (Å²) >= 11 is 6.04. The van der Waals surface area contributed by atoms with Crippen molar-refractivity contribution in [2.45, 2.75) is 19.5 Å². The van der Waals surface area contributed by atoms with Crippen molar-refractivity contribution in [2.75, 3.05) is 20.8 Å². The number of benzene rings is 1. The molecule has 1 aromatic heterocycles. The quantitative estimate of drug-likeness (QED) is 0.666. The average molecular weight is 464 g/mol. The van der Waals surface area contributed by atoms with Crippen LogP contribution in [0.1, 0.15) is 22.9 Å². The third-order valence-corrected chi connectivity index (χ3v) is 5.52. The van der Waals surface area contributed by atoms with Crippen LogP contribution in [-0.4, -0.2) is 30.5 Å². The van der Waals surface area contributed by atoms with Crippen molar-refractivity contribution in [1.29, 1.82) is 0 Å². The Balaban J connectivity index is 2.46. The van der Waals surface area contributed by atoms with Gasteiger partial charge in [-0.3, -0.25) is 4.68 Å². The summed E-state index contributed by atoms with van der Waals surface area (Å²) < 4.78 is 9.46. The molecule has 0 radical (unpaired) electrons. The van der Waals surface area contributed by atoms with E-state index in [1.165, 1.54) is 14.7 Å². The van der Waals surface area contributed by atoms with E-state index in [0.717, 1.165) is 16.7 Å². The van der Waals surface area contributed by atoms with E-state index in [9.17, 15) is 0 Å². The van der Waals surface area contributed by atoms with Crippen LogP contribution in [0.3, 0.4) is 0 Å². The first kappa shape index (κ1) is 16.9. The summed E-state index contributed by atoms with van der Waals surface area (Å²) in [7, 11) is 3.68. The zero-order chi connectivity index (χ0) is 15.4. The second-order valence-electron chi connectivity index (χ2n) is 4.79. The molecule has 4 nitrogen and oxygen atoms in total. The molecule has 0 fully saturated rings. The Labute approximate surface area is 147 Å². The molecule has 0 bridgehead atoms. The smallest absolute Gasteiger partial charge is 0.0767 e. The number of nitrogens with zero attached hydrogens (tertiary/aromatic N) is 2. The van der Waals surface area contributed by atoms with E-state index in [-0.39, 0.29) is 6.04 Å². The van der Waals surface area contributed by atoms with Crippen molar-refractivity contribution in [3.8, 4) is 0 Å². The Hall–Kier alpha value is -0.440. The first-order chi connectivity index (χ1) is 10.1. The van der Waals surface area contributed by atoms with Crippen molar-refractivity contribution in [1.82, 2.24) is 15.1 Å². The molecule has 0 aliphatic carbocycles. The lowest BCUT2D eigenvalue weighted by atomic mass is 10.0. The molecule has 1 aromatic carbocycles. The topological polar surface area (TPSA) is 39.1 Å². The maximum Gasteiger partial charge on any atom is 0.0767 e. The number of aromatic nitrogens is 2. The average Bonchev–Trinajstić information content (AvgIpc) is 2.83. The summed E-state index contributed by atoms with van der Waals surface area (Å²) in [6.45, 7) is 3.51. The zero-order valence-electron chi connectivity index (χ0n) is 12.4. The second-order valence-corrected chi connectivity index (χ2v) is 6.73. The van der Waals surface area contributed by atoms with Gasteiger partial charge in [0.1, 0.15) is 0 Å². The third-order valence-electron chi connectivity index (χ3n) is 3.44. The van der Waals surface area contributed by atoms with Gasteiger partial charge in [-0.15, -0.1) is 0 Å². The molecule has 0 amide bonds. The van der Waals surface area contributed by atoms with Crippen molar-refractivity contribution in [2.24, 2.45) is 0 Å². The highest BCUT2D eigenvalue weighted by Crippen LogP contribution is 2.32. The molecule has 0 saturated carbocycles. The number of halogens is 2. The number of ether oxygens (including phenoxy) is 1. The Morgan fingerprint density at radius 2 is 2.24 bits per heavy atom. The molecule has 114 valence electrons. The van der Waals surface area contributed by atoms with Gasteiger partial charge < -0.3 is 10.1 Å². The third kappa shape index (κ3) is 3.67. The Morgan fingerprint density at radius 1 is 1.48 bits per heavy atom. The lowest BCUT2D eigenvalue weighted by molar-refractivity contribution is 0.182. The van der Waals surface area contributed by atoms with Crippen molar-refractivity contribution in [3.05, 3.63) is 49.3 Å². The molecule has 0 saturated heterocycles. The number of rotatable bonds is 6. The highest BCUT2D eigenvalue weighted by molar-refractivity contribution is 14.1. The largest absolute Gasteiger partial charge is 0.383 e.